The fourth-order valence-corrected chi connectivity index (χ4v) is 4.10. The normalized spacial score (nSPS) is 22.6. The van der Waals surface area contributed by atoms with Crippen molar-refractivity contribution in [2.75, 3.05) is 13.2 Å². The SMILES string of the molecule is CCN(C(=O)NC(c1ccc(F)cc1)C1CCCO1)C1CCCCC1. The van der Waals surface area contributed by atoms with Crippen molar-refractivity contribution in [3.8, 4) is 0 Å². The van der Waals surface area contributed by atoms with Crippen molar-refractivity contribution in [1.82, 2.24) is 10.2 Å². The first-order valence-electron chi connectivity index (χ1n) is 9.63. The number of benzene rings is 1. The summed E-state index contributed by atoms with van der Waals surface area (Å²) in [6.07, 6.45) is 7.70. The molecule has 138 valence electrons. The number of halogens is 1. The summed E-state index contributed by atoms with van der Waals surface area (Å²) >= 11 is 0. The van der Waals surface area contributed by atoms with Gasteiger partial charge in [0.15, 0.2) is 0 Å². The highest BCUT2D eigenvalue weighted by molar-refractivity contribution is 5.75. The number of nitrogens with one attached hydrogen (secondary N) is 1. The van der Waals surface area contributed by atoms with Gasteiger partial charge in [0.25, 0.3) is 0 Å². The molecule has 0 spiro atoms. The molecule has 5 heteroatoms. The van der Waals surface area contributed by atoms with Crippen molar-refractivity contribution in [1.29, 1.82) is 0 Å². The molecule has 0 bridgehead atoms. The lowest BCUT2D eigenvalue weighted by atomic mass is 9.94. The predicted octanol–water partition coefficient (Wildman–Crippen LogP) is 4.41. The summed E-state index contributed by atoms with van der Waals surface area (Å²) in [7, 11) is 0. The number of urea groups is 1. The summed E-state index contributed by atoms with van der Waals surface area (Å²) in [5.74, 6) is -0.265. The molecule has 2 atom stereocenters. The minimum Gasteiger partial charge on any atom is -0.376 e. The van der Waals surface area contributed by atoms with Gasteiger partial charge in [-0.15, -0.1) is 0 Å². The van der Waals surface area contributed by atoms with Gasteiger partial charge in [0, 0.05) is 19.2 Å². The van der Waals surface area contributed by atoms with E-state index in [4.69, 9.17) is 4.74 Å². The third-order valence-electron chi connectivity index (χ3n) is 5.46. The highest BCUT2D eigenvalue weighted by atomic mass is 19.1. The largest absolute Gasteiger partial charge is 0.376 e. The second kappa shape index (κ2) is 8.65. The highest BCUT2D eigenvalue weighted by Crippen LogP contribution is 2.28. The zero-order valence-corrected chi connectivity index (χ0v) is 15.0. The van der Waals surface area contributed by atoms with Crippen LogP contribution in [0.1, 0.15) is 63.5 Å². The Labute approximate surface area is 149 Å². The van der Waals surface area contributed by atoms with E-state index in [0.29, 0.717) is 12.6 Å². The van der Waals surface area contributed by atoms with Crippen LogP contribution in [0.15, 0.2) is 24.3 Å². The van der Waals surface area contributed by atoms with E-state index in [2.05, 4.69) is 5.32 Å². The molecule has 1 N–H and O–H groups in total. The second-order valence-corrected chi connectivity index (χ2v) is 7.11. The smallest absolute Gasteiger partial charge is 0.318 e. The molecule has 2 aliphatic rings. The van der Waals surface area contributed by atoms with Gasteiger partial charge in [-0.25, -0.2) is 9.18 Å². The fraction of sp³-hybridized carbons (Fsp3) is 0.650. The zero-order valence-electron chi connectivity index (χ0n) is 15.0. The molecule has 1 aromatic carbocycles. The molecule has 25 heavy (non-hydrogen) atoms. The van der Waals surface area contributed by atoms with E-state index in [0.717, 1.165) is 37.9 Å². The van der Waals surface area contributed by atoms with Crippen molar-refractivity contribution >= 4 is 6.03 Å². The van der Waals surface area contributed by atoms with Crippen LogP contribution < -0.4 is 5.32 Å². The number of carbonyl (C=O) groups excluding carboxylic acids is 1. The number of ether oxygens (including phenoxy) is 1. The van der Waals surface area contributed by atoms with Crippen LogP contribution in [0.4, 0.5) is 9.18 Å². The summed E-state index contributed by atoms with van der Waals surface area (Å²) in [6.45, 7) is 3.46. The molecule has 1 saturated carbocycles. The Morgan fingerprint density at radius 3 is 2.52 bits per heavy atom. The van der Waals surface area contributed by atoms with Gasteiger partial charge >= 0.3 is 6.03 Å². The Balaban J connectivity index is 1.73. The summed E-state index contributed by atoms with van der Waals surface area (Å²) in [4.78, 5) is 14.9. The molecule has 0 aromatic heterocycles. The molecule has 3 rings (SSSR count). The lowest BCUT2D eigenvalue weighted by molar-refractivity contribution is 0.0756. The summed E-state index contributed by atoms with van der Waals surface area (Å²) < 4.78 is 19.1. The molecular formula is C20H29FN2O2. The van der Waals surface area contributed by atoms with Gasteiger partial charge in [0.05, 0.1) is 12.1 Å². The van der Waals surface area contributed by atoms with E-state index in [9.17, 15) is 9.18 Å². The van der Waals surface area contributed by atoms with Gasteiger partial charge in [-0.3, -0.25) is 0 Å². The Hall–Kier alpha value is -1.62. The van der Waals surface area contributed by atoms with Crippen LogP contribution in [0.5, 0.6) is 0 Å². The first-order chi connectivity index (χ1) is 12.2. The average Bonchev–Trinajstić information content (AvgIpc) is 3.16. The van der Waals surface area contributed by atoms with Crippen LogP contribution >= 0.6 is 0 Å². The standard InChI is InChI=1S/C20H29FN2O2/c1-2-23(17-7-4-3-5-8-17)20(24)22-19(18-9-6-14-25-18)15-10-12-16(21)13-11-15/h10-13,17-19H,2-9,14H2,1H3,(H,22,24). The predicted molar refractivity (Wildman–Crippen MR) is 95.9 cm³/mol. The van der Waals surface area contributed by atoms with E-state index in [1.54, 1.807) is 12.1 Å². The van der Waals surface area contributed by atoms with Crippen molar-refractivity contribution in [2.24, 2.45) is 0 Å². The number of carbonyl (C=O) groups is 1. The monoisotopic (exact) mass is 348 g/mol. The van der Waals surface area contributed by atoms with E-state index in [1.807, 2.05) is 11.8 Å². The van der Waals surface area contributed by atoms with Crippen LogP contribution in [-0.4, -0.2) is 36.2 Å². The zero-order chi connectivity index (χ0) is 17.6. The topological polar surface area (TPSA) is 41.6 Å². The molecular weight excluding hydrogens is 319 g/mol. The van der Waals surface area contributed by atoms with Gasteiger partial charge in [-0.1, -0.05) is 31.4 Å². The third kappa shape index (κ3) is 4.51. The van der Waals surface area contributed by atoms with Gasteiger partial charge in [0.1, 0.15) is 5.82 Å². The lowest BCUT2D eigenvalue weighted by Gasteiger charge is -2.35. The Bertz CT molecular complexity index is 551. The fourth-order valence-electron chi connectivity index (χ4n) is 4.10. The molecule has 1 heterocycles. The van der Waals surface area contributed by atoms with Crippen LogP contribution in [0.2, 0.25) is 0 Å². The molecule has 1 saturated heterocycles. The quantitative estimate of drug-likeness (QED) is 0.856. The van der Waals surface area contributed by atoms with Crippen LogP contribution in [0, 0.1) is 5.82 Å². The molecule has 1 aliphatic heterocycles. The van der Waals surface area contributed by atoms with Gasteiger partial charge in [-0.05, 0) is 50.3 Å². The van der Waals surface area contributed by atoms with Gasteiger partial charge in [0.2, 0.25) is 0 Å². The third-order valence-corrected chi connectivity index (χ3v) is 5.46. The van der Waals surface area contributed by atoms with Crippen molar-refractivity contribution in [3.63, 3.8) is 0 Å². The van der Waals surface area contributed by atoms with Crippen LogP contribution in [-0.2, 0) is 4.74 Å². The minimum atomic E-state index is -0.265. The van der Waals surface area contributed by atoms with Crippen molar-refractivity contribution in [3.05, 3.63) is 35.6 Å². The average molecular weight is 348 g/mol. The number of amides is 2. The summed E-state index contributed by atoms with van der Waals surface area (Å²) in [6, 6.07) is 6.46. The Morgan fingerprint density at radius 2 is 1.92 bits per heavy atom. The maximum Gasteiger partial charge on any atom is 0.318 e. The van der Waals surface area contributed by atoms with Gasteiger partial charge < -0.3 is 15.0 Å². The van der Waals surface area contributed by atoms with Crippen LogP contribution in [0.25, 0.3) is 0 Å². The number of hydrogen-bond acceptors (Lipinski definition) is 2. The molecule has 1 aromatic rings. The van der Waals surface area contributed by atoms with Crippen molar-refractivity contribution in [2.45, 2.75) is 70.1 Å². The number of nitrogens with zero attached hydrogens (tertiary/aromatic N) is 1. The van der Waals surface area contributed by atoms with E-state index < -0.39 is 0 Å². The molecule has 4 nitrogen and oxygen atoms in total. The second-order valence-electron chi connectivity index (χ2n) is 7.11. The first kappa shape index (κ1) is 18.2. The van der Waals surface area contributed by atoms with E-state index in [1.165, 1.54) is 31.4 Å². The minimum absolute atomic E-state index is 0.0285. The molecule has 2 unspecified atom stereocenters. The molecule has 0 radical (unpaired) electrons. The number of hydrogen-bond donors (Lipinski definition) is 1. The summed E-state index contributed by atoms with van der Waals surface area (Å²) in [5.41, 5.74) is 0.904. The maximum absolute atomic E-state index is 13.3. The Kier molecular flexibility index (Phi) is 6.29. The Morgan fingerprint density at radius 1 is 1.20 bits per heavy atom. The van der Waals surface area contributed by atoms with E-state index in [-0.39, 0.29) is 24.0 Å². The van der Waals surface area contributed by atoms with Crippen LogP contribution in [0.3, 0.4) is 0 Å². The lowest BCUT2D eigenvalue weighted by Crippen LogP contribution is -2.49. The van der Waals surface area contributed by atoms with E-state index >= 15 is 0 Å². The van der Waals surface area contributed by atoms with Gasteiger partial charge in [-0.2, -0.15) is 0 Å². The maximum atomic E-state index is 13.3. The first-order valence-corrected chi connectivity index (χ1v) is 9.63. The molecule has 2 amide bonds. The van der Waals surface area contributed by atoms with Crippen molar-refractivity contribution < 1.29 is 13.9 Å². The molecule has 2 fully saturated rings. The highest BCUT2D eigenvalue weighted by Gasteiger charge is 2.31. The summed E-state index contributed by atoms with van der Waals surface area (Å²) in [5, 5.41) is 3.18. The molecule has 1 aliphatic carbocycles. The number of rotatable bonds is 5.